The van der Waals surface area contributed by atoms with Crippen LogP contribution in [0.2, 0.25) is 0 Å². The molecule has 5 rings (SSSR count). The van der Waals surface area contributed by atoms with Crippen LogP contribution in [0.4, 0.5) is 0 Å². The first kappa shape index (κ1) is 19.8. The number of amides is 2. The molecule has 2 aromatic rings. The Morgan fingerprint density at radius 1 is 0.968 bits per heavy atom. The van der Waals surface area contributed by atoms with Crippen LogP contribution in [-0.4, -0.2) is 79.5 Å². The lowest BCUT2D eigenvalue weighted by atomic mass is 10.1. The molecular formula is C21H22N4O5S. The Balaban J connectivity index is 1.30. The fraction of sp³-hybridized carbons (Fsp3) is 0.381. The Morgan fingerprint density at radius 3 is 2.45 bits per heavy atom. The number of hydrogen-bond acceptors (Lipinski definition) is 6. The predicted molar refractivity (Wildman–Crippen MR) is 111 cm³/mol. The Bertz CT molecular complexity index is 1150. The molecular weight excluding hydrogens is 420 g/mol. The lowest BCUT2D eigenvalue weighted by Crippen LogP contribution is -2.55. The van der Waals surface area contributed by atoms with E-state index in [9.17, 15) is 18.0 Å². The Morgan fingerprint density at radius 2 is 1.71 bits per heavy atom. The molecule has 2 fully saturated rings. The number of rotatable bonds is 2. The van der Waals surface area contributed by atoms with E-state index in [0.717, 1.165) is 6.42 Å². The first-order valence-electron chi connectivity index (χ1n) is 10.3. The van der Waals surface area contributed by atoms with Crippen molar-refractivity contribution in [2.75, 3.05) is 32.7 Å². The summed E-state index contributed by atoms with van der Waals surface area (Å²) in [4.78, 5) is 31.2. The summed E-state index contributed by atoms with van der Waals surface area (Å²) in [5.74, 6) is 0.424. The molecule has 1 unspecified atom stereocenters. The Hall–Kier alpha value is -3.14. The largest absolute Gasteiger partial charge is 0.459 e. The number of fused-ring (bicyclic) bond motifs is 1. The number of piperazine rings is 1. The van der Waals surface area contributed by atoms with Crippen LogP contribution in [0.3, 0.4) is 0 Å². The maximum Gasteiger partial charge on any atom is 0.289 e. The molecule has 1 atom stereocenters. The van der Waals surface area contributed by atoms with Crippen LogP contribution in [0.1, 0.15) is 29.0 Å². The minimum Gasteiger partial charge on any atom is -0.459 e. The van der Waals surface area contributed by atoms with E-state index in [4.69, 9.17) is 4.42 Å². The van der Waals surface area contributed by atoms with E-state index in [1.165, 1.54) is 6.26 Å². The summed E-state index contributed by atoms with van der Waals surface area (Å²) in [6, 6.07) is 9.58. The summed E-state index contributed by atoms with van der Waals surface area (Å²) in [5, 5.41) is 0. The Kier molecular flexibility index (Phi) is 4.81. The van der Waals surface area contributed by atoms with Gasteiger partial charge in [0.2, 0.25) is 5.91 Å². The highest BCUT2D eigenvalue weighted by molar-refractivity contribution is 7.90. The van der Waals surface area contributed by atoms with Gasteiger partial charge in [-0.3, -0.25) is 9.59 Å². The van der Waals surface area contributed by atoms with Gasteiger partial charge in [0.1, 0.15) is 10.9 Å². The van der Waals surface area contributed by atoms with E-state index in [1.54, 1.807) is 46.2 Å². The monoisotopic (exact) mass is 442 g/mol. The normalized spacial score (nSPS) is 22.4. The number of nitrogens with zero attached hydrogens (tertiary/aromatic N) is 4. The highest BCUT2D eigenvalue weighted by atomic mass is 32.2. The molecule has 0 N–H and O–H groups in total. The molecule has 0 saturated carbocycles. The molecule has 162 valence electrons. The standard InChI is InChI=1S/C21H22N4O5S/c26-20(23-10-12-24(13-11-23)21(27)17-7-4-14-30-17)16-6-3-9-25(16)19-15-5-1-2-8-18(15)31(28,29)22-19/h1-2,4-5,7-8,14,16H,3,6,9-13H2. The number of benzene rings is 1. The van der Waals surface area contributed by atoms with Gasteiger partial charge < -0.3 is 19.1 Å². The molecule has 31 heavy (non-hydrogen) atoms. The molecule has 3 aliphatic rings. The highest BCUT2D eigenvalue weighted by Crippen LogP contribution is 2.31. The molecule has 0 radical (unpaired) electrons. The fourth-order valence-electron chi connectivity index (χ4n) is 4.47. The minimum absolute atomic E-state index is 0.0490. The lowest BCUT2D eigenvalue weighted by molar-refractivity contribution is -0.136. The van der Waals surface area contributed by atoms with Crippen molar-refractivity contribution in [1.82, 2.24) is 14.7 Å². The smallest absolute Gasteiger partial charge is 0.289 e. The number of carbonyl (C=O) groups excluding carboxylic acids is 2. The van der Waals surface area contributed by atoms with Crippen molar-refractivity contribution < 1.29 is 22.4 Å². The number of likely N-dealkylation sites (tertiary alicyclic amines) is 1. The van der Waals surface area contributed by atoms with Gasteiger partial charge in [-0.1, -0.05) is 12.1 Å². The van der Waals surface area contributed by atoms with Gasteiger partial charge in [0.25, 0.3) is 15.9 Å². The molecule has 2 amide bonds. The lowest BCUT2D eigenvalue weighted by Gasteiger charge is -2.37. The van der Waals surface area contributed by atoms with Crippen molar-refractivity contribution in [2.45, 2.75) is 23.8 Å². The van der Waals surface area contributed by atoms with Crippen molar-refractivity contribution in [1.29, 1.82) is 0 Å². The maximum atomic E-state index is 13.3. The molecule has 1 aromatic heterocycles. The summed E-state index contributed by atoms with van der Waals surface area (Å²) >= 11 is 0. The van der Waals surface area contributed by atoms with E-state index in [-0.39, 0.29) is 16.7 Å². The zero-order valence-electron chi connectivity index (χ0n) is 16.8. The molecule has 10 heteroatoms. The summed E-state index contributed by atoms with van der Waals surface area (Å²) in [5.41, 5.74) is 0.552. The zero-order chi connectivity index (χ0) is 21.6. The van der Waals surface area contributed by atoms with Gasteiger partial charge in [-0.25, -0.2) is 0 Å². The van der Waals surface area contributed by atoms with E-state index in [0.29, 0.717) is 56.3 Å². The molecule has 9 nitrogen and oxygen atoms in total. The van der Waals surface area contributed by atoms with Crippen molar-refractivity contribution in [3.63, 3.8) is 0 Å². The first-order chi connectivity index (χ1) is 15.0. The van der Waals surface area contributed by atoms with Gasteiger partial charge in [0.15, 0.2) is 11.6 Å². The van der Waals surface area contributed by atoms with Crippen LogP contribution in [-0.2, 0) is 14.8 Å². The molecule has 4 heterocycles. The Labute approximate surface area is 180 Å². The minimum atomic E-state index is -3.74. The molecule has 2 saturated heterocycles. The molecule has 1 aromatic carbocycles. The average Bonchev–Trinajstić information content (AvgIpc) is 3.53. The SMILES string of the molecule is O=C(c1ccco1)N1CCN(C(=O)C2CCCN2C2=NS(=O)(=O)c3ccccc32)CC1. The van der Waals surface area contributed by atoms with Crippen molar-refractivity contribution in [3.05, 3.63) is 54.0 Å². The fourth-order valence-corrected chi connectivity index (χ4v) is 5.69. The van der Waals surface area contributed by atoms with Gasteiger partial charge in [-0.05, 0) is 37.1 Å². The third-order valence-corrected chi connectivity index (χ3v) is 7.36. The number of carbonyl (C=O) groups is 2. The number of sulfonamides is 1. The third-order valence-electron chi connectivity index (χ3n) is 6.03. The molecule has 0 aliphatic carbocycles. The second-order valence-corrected chi connectivity index (χ2v) is 9.40. The van der Waals surface area contributed by atoms with Crippen LogP contribution < -0.4 is 0 Å². The predicted octanol–water partition coefficient (Wildman–Crippen LogP) is 1.18. The summed E-state index contributed by atoms with van der Waals surface area (Å²) < 4.78 is 34.1. The van der Waals surface area contributed by atoms with Crippen molar-refractivity contribution >= 4 is 27.7 Å². The van der Waals surface area contributed by atoms with Gasteiger partial charge in [0.05, 0.1) is 6.26 Å². The van der Waals surface area contributed by atoms with Crippen LogP contribution in [0.15, 0.2) is 56.4 Å². The average molecular weight is 442 g/mol. The van der Waals surface area contributed by atoms with E-state index in [1.807, 2.05) is 4.90 Å². The molecule has 3 aliphatic heterocycles. The molecule has 0 spiro atoms. The van der Waals surface area contributed by atoms with Crippen molar-refractivity contribution in [3.8, 4) is 0 Å². The summed E-state index contributed by atoms with van der Waals surface area (Å²) in [6.07, 6.45) is 2.89. The molecule has 0 bridgehead atoms. The quantitative estimate of drug-likeness (QED) is 0.692. The maximum absolute atomic E-state index is 13.3. The second kappa shape index (κ2) is 7.52. The van der Waals surface area contributed by atoms with E-state index >= 15 is 0 Å². The number of hydrogen-bond donors (Lipinski definition) is 0. The summed E-state index contributed by atoms with van der Waals surface area (Å²) in [6.45, 7) is 2.29. The second-order valence-electron chi connectivity index (χ2n) is 7.83. The van der Waals surface area contributed by atoms with Gasteiger partial charge >= 0.3 is 0 Å². The number of amidine groups is 1. The van der Waals surface area contributed by atoms with Gasteiger partial charge in [0, 0.05) is 38.3 Å². The van der Waals surface area contributed by atoms with E-state index < -0.39 is 16.1 Å². The van der Waals surface area contributed by atoms with Crippen LogP contribution >= 0.6 is 0 Å². The van der Waals surface area contributed by atoms with Crippen LogP contribution in [0, 0.1) is 0 Å². The van der Waals surface area contributed by atoms with Gasteiger partial charge in [-0.2, -0.15) is 8.42 Å². The number of furan rings is 1. The third kappa shape index (κ3) is 3.40. The zero-order valence-corrected chi connectivity index (χ0v) is 17.6. The van der Waals surface area contributed by atoms with E-state index in [2.05, 4.69) is 4.40 Å². The van der Waals surface area contributed by atoms with Crippen LogP contribution in [0.25, 0.3) is 0 Å². The van der Waals surface area contributed by atoms with Crippen molar-refractivity contribution in [2.24, 2.45) is 4.40 Å². The van der Waals surface area contributed by atoms with Crippen LogP contribution in [0.5, 0.6) is 0 Å². The summed E-state index contributed by atoms with van der Waals surface area (Å²) in [7, 11) is -3.74. The first-order valence-corrected chi connectivity index (χ1v) is 11.7. The highest BCUT2D eigenvalue weighted by Gasteiger charge is 2.41. The van der Waals surface area contributed by atoms with Gasteiger partial charge in [-0.15, -0.1) is 4.40 Å². The topological polar surface area (TPSA) is 104 Å².